The Balaban J connectivity index is 2.20. The second-order valence-electron chi connectivity index (χ2n) is 5.65. The van der Waals surface area contributed by atoms with E-state index in [1.165, 1.54) is 5.70 Å². The summed E-state index contributed by atoms with van der Waals surface area (Å²) < 4.78 is 0. The Morgan fingerprint density at radius 3 is 2.43 bits per heavy atom. The van der Waals surface area contributed by atoms with Gasteiger partial charge in [-0.2, -0.15) is 0 Å². The molecule has 0 spiro atoms. The number of anilines is 1. The van der Waals surface area contributed by atoms with Gasteiger partial charge < -0.3 is 9.80 Å². The zero-order valence-corrected chi connectivity index (χ0v) is 13.5. The molecule has 0 fully saturated rings. The van der Waals surface area contributed by atoms with Gasteiger partial charge in [-0.05, 0) is 24.3 Å². The molecule has 0 saturated heterocycles. The zero-order chi connectivity index (χ0) is 15.1. The first-order chi connectivity index (χ1) is 9.95. The Hall–Kier alpha value is -2.01. The largest absolute Gasteiger partial charge is 0.381 e. The van der Waals surface area contributed by atoms with Crippen LogP contribution in [0.4, 0.5) is 5.69 Å². The second-order valence-corrected chi connectivity index (χ2v) is 6.15. The molecule has 4 nitrogen and oxygen atoms in total. The number of aromatic nitrogens is 2. The lowest BCUT2D eigenvalue weighted by Crippen LogP contribution is -2.20. The molecule has 1 aliphatic rings. The van der Waals surface area contributed by atoms with Crippen molar-refractivity contribution in [1.29, 1.82) is 0 Å². The van der Waals surface area contributed by atoms with Crippen LogP contribution in [0.15, 0.2) is 23.9 Å². The van der Waals surface area contributed by atoms with E-state index in [9.17, 15) is 0 Å². The molecule has 1 aromatic heterocycles. The molecule has 108 valence electrons. The van der Waals surface area contributed by atoms with E-state index in [2.05, 4.69) is 28.0 Å². The normalized spacial score (nSPS) is 13.9. The van der Waals surface area contributed by atoms with Gasteiger partial charge in [0.1, 0.15) is 5.69 Å². The van der Waals surface area contributed by atoms with Crippen LogP contribution < -0.4 is 4.90 Å². The van der Waals surface area contributed by atoms with Crippen molar-refractivity contribution in [3.63, 3.8) is 0 Å². The first kappa shape index (κ1) is 13.9. The van der Waals surface area contributed by atoms with E-state index in [-0.39, 0.29) is 0 Å². The van der Waals surface area contributed by atoms with Gasteiger partial charge in [-0.15, -0.1) is 0 Å². The van der Waals surface area contributed by atoms with Crippen molar-refractivity contribution < 1.29 is 0 Å². The summed E-state index contributed by atoms with van der Waals surface area (Å²) >= 11 is 5.51. The van der Waals surface area contributed by atoms with Crippen LogP contribution in [0.5, 0.6) is 0 Å². The molecule has 1 heterocycles. The van der Waals surface area contributed by atoms with Gasteiger partial charge in [0.2, 0.25) is 0 Å². The molecular formula is C16H18N4S. The highest BCUT2D eigenvalue weighted by atomic mass is 32.1. The molecule has 1 aliphatic carbocycles. The SMILES string of the molecule is CN(C)C1=Cc2nc3cc(N(C)C)ccc3nc2C(=S)C1. The summed E-state index contributed by atoms with van der Waals surface area (Å²) in [7, 11) is 8.09. The number of hydrogen-bond acceptors (Lipinski definition) is 5. The molecule has 0 atom stereocenters. The predicted molar refractivity (Wildman–Crippen MR) is 91.8 cm³/mol. The van der Waals surface area contributed by atoms with Crippen molar-refractivity contribution in [2.24, 2.45) is 0 Å². The van der Waals surface area contributed by atoms with Crippen molar-refractivity contribution in [2.45, 2.75) is 6.42 Å². The van der Waals surface area contributed by atoms with E-state index in [0.717, 1.165) is 39.4 Å². The summed E-state index contributed by atoms with van der Waals surface area (Å²) in [4.78, 5) is 14.5. The van der Waals surface area contributed by atoms with Gasteiger partial charge in [0.25, 0.3) is 0 Å². The van der Waals surface area contributed by atoms with E-state index < -0.39 is 0 Å². The monoisotopic (exact) mass is 298 g/mol. The van der Waals surface area contributed by atoms with Crippen LogP contribution in [0.1, 0.15) is 17.8 Å². The quantitative estimate of drug-likeness (QED) is 0.796. The van der Waals surface area contributed by atoms with Crippen molar-refractivity contribution in [2.75, 3.05) is 33.1 Å². The average Bonchev–Trinajstić information content (AvgIpc) is 2.44. The second kappa shape index (κ2) is 5.07. The Kier molecular flexibility index (Phi) is 3.37. The Morgan fingerprint density at radius 1 is 1.00 bits per heavy atom. The van der Waals surface area contributed by atoms with Gasteiger partial charge in [0.15, 0.2) is 0 Å². The summed E-state index contributed by atoms with van der Waals surface area (Å²) in [6.45, 7) is 0. The molecule has 21 heavy (non-hydrogen) atoms. The fourth-order valence-electron chi connectivity index (χ4n) is 2.38. The molecule has 0 radical (unpaired) electrons. The number of benzene rings is 1. The Bertz CT molecular complexity index is 762. The molecule has 0 amide bonds. The van der Waals surface area contributed by atoms with Crippen molar-refractivity contribution >= 4 is 39.9 Å². The zero-order valence-electron chi connectivity index (χ0n) is 12.7. The van der Waals surface area contributed by atoms with Crippen LogP contribution >= 0.6 is 12.2 Å². The lowest BCUT2D eigenvalue weighted by Gasteiger charge is -2.22. The van der Waals surface area contributed by atoms with Crippen LogP contribution in [0.2, 0.25) is 0 Å². The molecule has 0 unspecified atom stereocenters. The number of fused-ring (bicyclic) bond motifs is 2. The van der Waals surface area contributed by atoms with Gasteiger partial charge in [-0.25, -0.2) is 9.97 Å². The number of thiocarbonyl (C=S) groups is 1. The van der Waals surface area contributed by atoms with Crippen LogP contribution in [0.25, 0.3) is 17.1 Å². The minimum Gasteiger partial charge on any atom is -0.381 e. The number of nitrogens with zero attached hydrogens (tertiary/aromatic N) is 4. The molecular weight excluding hydrogens is 280 g/mol. The van der Waals surface area contributed by atoms with E-state index in [1.807, 2.05) is 34.3 Å². The van der Waals surface area contributed by atoms with E-state index >= 15 is 0 Å². The smallest absolute Gasteiger partial charge is 0.104 e. The first-order valence-electron chi connectivity index (χ1n) is 6.86. The highest BCUT2D eigenvalue weighted by molar-refractivity contribution is 7.80. The number of hydrogen-bond donors (Lipinski definition) is 0. The van der Waals surface area contributed by atoms with Gasteiger partial charge >= 0.3 is 0 Å². The molecule has 1 aromatic carbocycles. The molecule has 0 aliphatic heterocycles. The molecule has 2 aromatic rings. The molecule has 3 rings (SSSR count). The maximum absolute atomic E-state index is 5.51. The van der Waals surface area contributed by atoms with Crippen LogP contribution in [0, 0.1) is 0 Å². The lowest BCUT2D eigenvalue weighted by atomic mass is 10.0. The molecule has 0 N–H and O–H groups in total. The first-order valence-corrected chi connectivity index (χ1v) is 7.27. The highest BCUT2D eigenvalue weighted by Gasteiger charge is 2.20. The fraction of sp³-hybridized carbons (Fsp3) is 0.312. The molecule has 5 heteroatoms. The topological polar surface area (TPSA) is 32.3 Å². The van der Waals surface area contributed by atoms with Crippen molar-refractivity contribution in [3.8, 4) is 0 Å². The van der Waals surface area contributed by atoms with Gasteiger partial charge in [-0.3, -0.25) is 0 Å². The van der Waals surface area contributed by atoms with Crippen LogP contribution in [0.3, 0.4) is 0 Å². The van der Waals surface area contributed by atoms with Gasteiger partial charge in [0.05, 0.1) is 16.7 Å². The van der Waals surface area contributed by atoms with Crippen LogP contribution in [-0.2, 0) is 0 Å². The number of rotatable bonds is 2. The van der Waals surface area contributed by atoms with E-state index in [0.29, 0.717) is 0 Å². The van der Waals surface area contributed by atoms with E-state index in [1.54, 1.807) is 0 Å². The van der Waals surface area contributed by atoms with Crippen molar-refractivity contribution in [1.82, 2.24) is 14.9 Å². The maximum atomic E-state index is 5.51. The summed E-state index contributed by atoms with van der Waals surface area (Å²) in [5, 5.41) is 0. The molecule has 0 saturated carbocycles. The van der Waals surface area contributed by atoms with Crippen LogP contribution in [-0.4, -0.2) is 47.9 Å². The summed E-state index contributed by atoms with van der Waals surface area (Å²) in [6.07, 6.45) is 2.84. The van der Waals surface area contributed by atoms with Crippen molar-refractivity contribution in [3.05, 3.63) is 35.3 Å². The Labute approximate surface area is 130 Å². The third-order valence-corrected chi connectivity index (χ3v) is 4.01. The number of allylic oxidation sites excluding steroid dienone is 1. The third-order valence-electron chi connectivity index (χ3n) is 3.67. The Morgan fingerprint density at radius 2 is 1.76 bits per heavy atom. The highest BCUT2D eigenvalue weighted by Crippen LogP contribution is 2.26. The van der Waals surface area contributed by atoms with Gasteiger partial charge in [-0.1, -0.05) is 12.2 Å². The average molecular weight is 298 g/mol. The van der Waals surface area contributed by atoms with E-state index in [4.69, 9.17) is 22.2 Å². The minimum atomic E-state index is 0.755. The third kappa shape index (κ3) is 2.49. The fourth-order valence-corrected chi connectivity index (χ4v) is 2.68. The molecule has 0 bridgehead atoms. The summed E-state index contributed by atoms with van der Waals surface area (Å²) in [5.41, 5.74) is 5.80. The summed E-state index contributed by atoms with van der Waals surface area (Å²) in [6, 6.07) is 6.12. The standard InChI is InChI=1S/C16H18N4S/c1-19(2)10-5-6-12-13(7-10)17-14-8-11(20(3)4)9-15(21)16(14)18-12/h5-8H,9H2,1-4H3. The summed E-state index contributed by atoms with van der Waals surface area (Å²) in [5.74, 6) is 0. The minimum absolute atomic E-state index is 0.755. The predicted octanol–water partition coefficient (Wildman–Crippen LogP) is 2.72. The lowest BCUT2D eigenvalue weighted by molar-refractivity contribution is 0.509. The maximum Gasteiger partial charge on any atom is 0.104 e. The van der Waals surface area contributed by atoms with Gasteiger partial charge in [0, 0.05) is 50.9 Å².